The summed E-state index contributed by atoms with van der Waals surface area (Å²) in [6.07, 6.45) is 1.15. The van der Waals surface area contributed by atoms with E-state index >= 15 is 0 Å². The highest BCUT2D eigenvalue weighted by atomic mass is 32.2. The molecule has 0 bridgehead atoms. The molecule has 2 N–H and O–H groups in total. The Hall–Kier alpha value is -2.17. The number of likely N-dealkylation sites (N-methyl/N-ethyl adjacent to an activating group) is 1. The molecule has 2 aromatic rings. The van der Waals surface area contributed by atoms with Gasteiger partial charge in [-0.3, -0.25) is 18.8 Å². The molecule has 27 heavy (non-hydrogen) atoms. The van der Waals surface area contributed by atoms with Gasteiger partial charge in [0.15, 0.2) is 0 Å². The molecule has 1 saturated carbocycles. The number of aromatic nitrogens is 2. The molecule has 1 aromatic carbocycles. The Labute approximate surface area is 157 Å². The average Bonchev–Trinajstić information content (AvgIpc) is 2.80. The van der Waals surface area contributed by atoms with E-state index in [4.69, 9.17) is 5.11 Å². The number of fused-ring (bicyclic) bond motifs is 1. The third-order valence-electron chi connectivity index (χ3n) is 5.25. The van der Waals surface area contributed by atoms with Crippen LogP contribution in [0.25, 0.3) is 11.0 Å². The quantitative estimate of drug-likeness (QED) is 0.686. The molecule has 9 nitrogen and oxygen atoms in total. The van der Waals surface area contributed by atoms with Crippen molar-refractivity contribution >= 4 is 27.0 Å². The van der Waals surface area contributed by atoms with E-state index in [1.165, 1.54) is 21.3 Å². The van der Waals surface area contributed by atoms with Gasteiger partial charge in [-0.2, -0.15) is 0 Å². The lowest BCUT2D eigenvalue weighted by Gasteiger charge is -2.42. The number of rotatable bonds is 7. The maximum atomic E-state index is 12.7. The van der Waals surface area contributed by atoms with Crippen LogP contribution >= 0.6 is 0 Å². The zero-order valence-electron chi connectivity index (χ0n) is 15.5. The van der Waals surface area contributed by atoms with E-state index in [9.17, 15) is 18.0 Å². The van der Waals surface area contributed by atoms with Crippen molar-refractivity contribution in [3.05, 3.63) is 28.7 Å². The van der Waals surface area contributed by atoms with Gasteiger partial charge >= 0.3 is 11.7 Å². The summed E-state index contributed by atoms with van der Waals surface area (Å²) in [4.78, 5) is 24.8. The van der Waals surface area contributed by atoms with Gasteiger partial charge in [-0.15, -0.1) is 0 Å². The molecule has 0 unspecified atom stereocenters. The standard InChI is InChI=1S/C17H24N4O5S/c1-4-21(10-16(22)23)12-7-11(8-12)18-27(25,26)13-5-6-14-15(9-13)20(3)17(24)19(14)2/h5-6,9,11-12,18H,4,7-8,10H2,1-3H3,(H,22,23). The van der Waals surface area contributed by atoms with Gasteiger partial charge in [0.2, 0.25) is 10.0 Å². The highest BCUT2D eigenvalue weighted by molar-refractivity contribution is 7.89. The van der Waals surface area contributed by atoms with E-state index < -0.39 is 16.0 Å². The second-order valence-electron chi connectivity index (χ2n) is 6.95. The Balaban J connectivity index is 1.73. The van der Waals surface area contributed by atoms with Crippen molar-refractivity contribution in [1.82, 2.24) is 18.8 Å². The predicted molar refractivity (Wildman–Crippen MR) is 100 cm³/mol. The molecular weight excluding hydrogens is 372 g/mol. The number of imidazole rings is 1. The van der Waals surface area contributed by atoms with Crippen molar-refractivity contribution in [2.75, 3.05) is 13.1 Å². The summed E-state index contributed by atoms with van der Waals surface area (Å²) in [6.45, 7) is 2.45. The molecule has 1 aromatic heterocycles. The van der Waals surface area contributed by atoms with Gasteiger partial charge in [-0.05, 0) is 37.6 Å². The first-order valence-electron chi connectivity index (χ1n) is 8.77. The zero-order valence-corrected chi connectivity index (χ0v) is 16.4. The van der Waals surface area contributed by atoms with Crippen LogP contribution in [0.1, 0.15) is 19.8 Å². The topological polar surface area (TPSA) is 114 Å². The third-order valence-corrected chi connectivity index (χ3v) is 6.77. The second-order valence-corrected chi connectivity index (χ2v) is 8.67. The molecule has 1 fully saturated rings. The van der Waals surface area contributed by atoms with Gasteiger partial charge in [-0.1, -0.05) is 6.92 Å². The van der Waals surface area contributed by atoms with E-state index in [2.05, 4.69) is 4.72 Å². The molecule has 0 saturated heterocycles. The Morgan fingerprint density at radius 3 is 2.48 bits per heavy atom. The Morgan fingerprint density at radius 1 is 1.26 bits per heavy atom. The fraction of sp³-hybridized carbons (Fsp3) is 0.529. The number of hydrogen-bond donors (Lipinski definition) is 2. The number of carboxylic acid groups (broad SMARTS) is 1. The summed E-state index contributed by atoms with van der Waals surface area (Å²) in [5.41, 5.74) is 1.00. The number of carboxylic acids is 1. The van der Waals surface area contributed by atoms with Gasteiger partial charge in [0.05, 0.1) is 22.5 Å². The van der Waals surface area contributed by atoms with Crippen molar-refractivity contribution in [3.63, 3.8) is 0 Å². The van der Waals surface area contributed by atoms with Crippen LogP contribution in [0.3, 0.4) is 0 Å². The normalized spacial score (nSPS) is 20.1. The number of aliphatic carboxylic acids is 1. The minimum atomic E-state index is -3.72. The molecule has 0 spiro atoms. The van der Waals surface area contributed by atoms with E-state index in [0.717, 1.165) is 0 Å². The summed E-state index contributed by atoms with van der Waals surface area (Å²) in [7, 11) is -0.476. The molecule has 0 atom stereocenters. The molecule has 0 amide bonds. The Morgan fingerprint density at radius 2 is 1.89 bits per heavy atom. The zero-order chi connectivity index (χ0) is 19.9. The lowest BCUT2D eigenvalue weighted by molar-refractivity contribution is -0.139. The van der Waals surface area contributed by atoms with Gasteiger partial charge in [0.25, 0.3) is 0 Å². The lowest BCUT2D eigenvalue weighted by Crippen LogP contribution is -2.54. The first kappa shape index (κ1) is 19.6. The highest BCUT2D eigenvalue weighted by Gasteiger charge is 2.36. The van der Waals surface area contributed by atoms with Crippen LogP contribution in [0.5, 0.6) is 0 Å². The number of hydrogen-bond acceptors (Lipinski definition) is 5. The van der Waals surface area contributed by atoms with Crippen LogP contribution in [0, 0.1) is 0 Å². The van der Waals surface area contributed by atoms with Crippen molar-refractivity contribution < 1.29 is 18.3 Å². The minimum absolute atomic E-state index is 0.0423. The molecule has 10 heteroatoms. The summed E-state index contributed by atoms with van der Waals surface area (Å²) in [6, 6.07) is 4.45. The molecule has 3 rings (SSSR count). The number of sulfonamides is 1. The van der Waals surface area contributed by atoms with E-state index in [0.29, 0.717) is 30.4 Å². The van der Waals surface area contributed by atoms with Gasteiger partial charge in [-0.25, -0.2) is 17.9 Å². The van der Waals surface area contributed by atoms with Crippen LogP contribution < -0.4 is 10.4 Å². The van der Waals surface area contributed by atoms with Crippen molar-refractivity contribution in [3.8, 4) is 0 Å². The van der Waals surface area contributed by atoms with Gasteiger partial charge in [0, 0.05) is 26.2 Å². The highest BCUT2D eigenvalue weighted by Crippen LogP contribution is 2.27. The second kappa shape index (κ2) is 7.10. The molecule has 1 aliphatic rings. The largest absolute Gasteiger partial charge is 0.480 e. The van der Waals surface area contributed by atoms with Crippen LogP contribution in [-0.4, -0.2) is 58.7 Å². The Bertz CT molecular complexity index is 1030. The third kappa shape index (κ3) is 3.64. The predicted octanol–water partition coefficient (Wildman–Crippen LogP) is 0.0928. The summed E-state index contributed by atoms with van der Waals surface area (Å²) >= 11 is 0. The average molecular weight is 396 g/mol. The van der Waals surface area contributed by atoms with E-state index in [1.54, 1.807) is 20.2 Å². The van der Waals surface area contributed by atoms with Gasteiger partial charge in [0.1, 0.15) is 0 Å². The number of nitrogens with one attached hydrogen (secondary N) is 1. The number of aryl methyl sites for hydroxylation is 2. The molecule has 0 radical (unpaired) electrons. The van der Waals surface area contributed by atoms with Crippen LogP contribution in [-0.2, 0) is 28.9 Å². The fourth-order valence-corrected chi connectivity index (χ4v) is 4.88. The number of benzene rings is 1. The monoisotopic (exact) mass is 396 g/mol. The van der Waals surface area contributed by atoms with Crippen LogP contribution in [0.15, 0.2) is 27.9 Å². The van der Waals surface area contributed by atoms with E-state index in [-0.39, 0.29) is 29.2 Å². The summed E-state index contributed by atoms with van der Waals surface area (Å²) < 4.78 is 31.0. The molecule has 1 heterocycles. The molecule has 0 aliphatic heterocycles. The SMILES string of the molecule is CCN(CC(=O)O)C1CC(NS(=O)(=O)c2ccc3c(c2)n(C)c(=O)n3C)C1. The summed E-state index contributed by atoms with van der Waals surface area (Å²) in [5.74, 6) is -0.886. The molecule has 1 aliphatic carbocycles. The van der Waals surface area contributed by atoms with Crippen molar-refractivity contribution in [2.45, 2.75) is 36.7 Å². The first-order valence-corrected chi connectivity index (χ1v) is 10.3. The van der Waals surface area contributed by atoms with Crippen LogP contribution in [0.2, 0.25) is 0 Å². The van der Waals surface area contributed by atoms with Gasteiger partial charge < -0.3 is 5.11 Å². The Kier molecular flexibility index (Phi) is 5.15. The minimum Gasteiger partial charge on any atom is -0.480 e. The number of carbonyl (C=O) groups is 1. The maximum absolute atomic E-state index is 12.7. The number of nitrogens with zero attached hydrogens (tertiary/aromatic N) is 3. The first-order chi connectivity index (χ1) is 12.6. The smallest absolute Gasteiger partial charge is 0.328 e. The van der Waals surface area contributed by atoms with E-state index in [1.807, 2.05) is 11.8 Å². The van der Waals surface area contributed by atoms with Crippen molar-refractivity contribution in [1.29, 1.82) is 0 Å². The maximum Gasteiger partial charge on any atom is 0.328 e. The summed E-state index contributed by atoms with van der Waals surface area (Å²) in [5, 5.41) is 8.94. The molecular formula is C17H24N4O5S. The fourth-order valence-electron chi connectivity index (χ4n) is 3.60. The molecule has 148 valence electrons. The van der Waals surface area contributed by atoms with Crippen molar-refractivity contribution in [2.24, 2.45) is 14.1 Å². The van der Waals surface area contributed by atoms with Crippen LogP contribution in [0.4, 0.5) is 0 Å². The lowest BCUT2D eigenvalue weighted by atomic mass is 9.86.